The van der Waals surface area contributed by atoms with Crippen LogP contribution in [-0.2, 0) is 61.6 Å². The van der Waals surface area contributed by atoms with Crippen molar-refractivity contribution in [3.8, 4) is 0 Å². The summed E-state index contributed by atoms with van der Waals surface area (Å²) in [7, 11) is 0. The Balaban J connectivity index is 3.06. The maximum atomic E-state index is 5.68. The van der Waals surface area contributed by atoms with Crippen molar-refractivity contribution >= 4 is 0 Å². The fraction of sp³-hybridized carbons (Fsp3) is 1.00. The molecule has 13 nitrogen and oxygen atoms in total. The van der Waals surface area contributed by atoms with E-state index >= 15 is 0 Å². The predicted octanol–water partition coefficient (Wildman–Crippen LogP) is 7.34. The second-order valence-corrected chi connectivity index (χ2v) is 14.2. The molecule has 344 valence electrons. The first-order valence-corrected chi connectivity index (χ1v) is 22.8. The summed E-state index contributed by atoms with van der Waals surface area (Å²) < 4.78 is 71.9. The van der Waals surface area contributed by atoms with Gasteiger partial charge in [-0.25, -0.2) is 0 Å². The molecule has 0 aromatic carbocycles. The molecule has 57 heavy (non-hydrogen) atoms. The third-order valence-electron chi connectivity index (χ3n) is 8.96. The fourth-order valence-corrected chi connectivity index (χ4v) is 5.26. The Morgan fingerprint density at radius 1 is 0.228 bits per heavy atom. The van der Waals surface area contributed by atoms with Crippen LogP contribution in [-0.4, -0.2) is 172 Å². The van der Waals surface area contributed by atoms with Crippen molar-refractivity contribution in [2.75, 3.05) is 172 Å². The molecule has 0 saturated carbocycles. The maximum absolute atomic E-state index is 5.68. The fourth-order valence-electron chi connectivity index (χ4n) is 5.26. The van der Waals surface area contributed by atoms with E-state index in [1.54, 1.807) is 0 Å². The molecule has 0 radical (unpaired) electrons. The van der Waals surface area contributed by atoms with Crippen molar-refractivity contribution in [1.82, 2.24) is 0 Å². The van der Waals surface area contributed by atoms with E-state index in [2.05, 4.69) is 20.8 Å². The summed E-state index contributed by atoms with van der Waals surface area (Å²) in [5, 5.41) is 0. The van der Waals surface area contributed by atoms with Crippen LogP contribution in [0, 0.1) is 5.92 Å². The maximum Gasteiger partial charge on any atom is 0.0701 e. The van der Waals surface area contributed by atoms with Gasteiger partial charge in [0, 0.05) is 13.2 Å². The molecule has 13 heteroatoms. The van der Waals surface area contributed by atoms with Gasteiger partial charge in [0.25, 0.3) is 0 Å². The summed E-state index contributed by atoms with van der Waals surface area (Å²) in [5.41, 5.74) is 0. The summed E-state index contributed by atoms with van der Waals surface area (Å²) in [6.45, 7) is 21.4. The van der Waals surface area contributed by atoms with Crippen molar-refractivity contribution in [3.63, 3.8) is 0 Å². The molecule has 0 bridgehead atoms. The molecule has 0 aliphatic carbocycles. The van der Waals surface area contributed by atoms with Crippen molar-refractivity contribution in [2.24, 2.45) is 5.92 Å². The highest BCUT2D eigenvalue weighted by atomic mass is 16.6. The van der Waals surface area contributed by atoms with Crippen molar-refractivity contribution < 1.29 is 61.6 Å². The molecular weight excluding hydrogens is 736 g/mol. The molecule has 0 aliphatic heterocycles. The second kappa shape index (κ2) is 53.5. The van der Waals surface area contributed by atoms with Gasteiger partial charge in [0.15, 0.2) is 0 Å². The summed E-state index contributed by atoms with van der Waals surface area (Å²) in [6, 6.07) is 0. The van der Waals surface area contributed by atoms with E-state index in [-0.39, 0.29) is 0 Å². The molecular formula is C44H90O13. The Labute approximate surface area is 349 Å². The van der Waals surface area contributed by atoms with E-state index in [9.17, 15) is 0 Å². The zero-order valence-corrected chi connectivity index (χ0v) is 37.2. The Morgan fingerprint density at radius 3 is 0.649 bits per heavy atom. The van der Waals surface area contributed by atoms with Crippen LogP contribution < -0.4 is 0 Å². The molecule has 0 spiro atoms. The standard InChI is InChI=1S/C44H90O13/c1-4-6-7-8-9-10-11-12-13-14-15-16-17-18-45-19-20-46-21-22-47-23-24-48-25-26-49-27-28-50-29-30-51-31-32-52-33-34-53-35-36-54-37-38-55-39-40-56-41-42-57-43-44(3)5-2/h44H,4-43H2,1-3H3. The zero-order valence-electron chi connectivity index (χ0n) is 37.2. The number of rotatable bonds is 53. The SMILES string of the molecule is CCCCCCCCCCCCCCCOCCOCCOCCOCCOCCOCCOCCOCCOCCOCCOCCOCCOCC(C)CC. The third-order valence-corrected chi connectivity index (χ3v) is 8.96. The lowest BCUT2D eigenvalue weighted by atomic mass is 10.0. The van der Waals surface area contributed by atoms with Gasteiger partial charge in [-0.1, -0.05) is 104 Å². The van der Waals surface area contributed by atoms with Crippen LogP contribution in [0.25, 0.3) is 0 Å². The molecule has 0 aliphatic rings. The van der Waals surface area contributed by atoms with E-state index < -0.39 is 0 Å². The van der Waals surface area contributed by atoms with Crippen LogP contribution in [0.5, 0.6) is 0 Å². The van der Waals surface area contributed by atoms with Gasteiger partial charge in [-0.2, -0.15) is 0 Å². The number of unbranched alkanes of at least 4 members (excludes halogenated alkanes) is 12. The van der Waals surface area contributed by atoms with E-state index in [1.807, 2.05) is 0 Å². The molecule has 0 fully saturated rings. The van der Waals surface area contributed by atoms with Crippen LogP contribution in [0.15, 0.2) is 0 Å². The number of hydrogen-bond donors (Lipinski definition) is 0. The van der Waals surface area contributed by atoms with Crippen molar-refractivity contribution in [2.45, 2.75) is 111 Å². The lowest BCUT2D eigenvalue weighted by molar-refractivity contribution is -0.0292. The average molecular weight is 827 g/mol. The Kier molecular flexibility index (Phi) is 53.0. The summed E-state index contributed by atoms with van der Waals surface area (Å²) in [6.07, 6.45) is 18.9. The van der Waals surface area contributed by atoms with Crippen LogP contribution in [0.3, 0.4) is 0 Å². The Hall–Kier alpha value is -0.520. The average Bonchev–Trinajstić information content (AvgIpc) is 3.22. The number of ether oxygens (including phenoxy) is 13. The minimum absolute atomic E-state index is 0.517. The van der Waals surface area contributed by atoms with Crippen LogP contribution in [0.2, 0.25) is 0 Å². The molecule has 0 amide bonds. The second-order valence-electron chi connectivity index (χ2n) is 14.2. The van der Waals surface area contributed by atoms with Gasteiger partial charge in [-0.15, -0.1) is 0 Å². The highest BCUT2D eigenvalue weighted by Crippen LogP contribution is 2.12. The summed E-state index contributed by atoms with van der Waals surface area (Å²) in [4.78, 5) is 0. The normalized spacial score (nSPS) is 12.3. The largest absolute Gasteiger partial charge is 0.379 e. The Bertz CT molecular complexity index is 695. The van der Waals surface area contributed by atoms with Gasteiger partial charge < -0.3 is 61.6 Å². The molecule has 0 aromatic rings. The molecule has 0 N–H and O–H groups in total. The van der Waals surface area contributed by atoms with E-state index in [4.69, 9.17) is 61.6 Å². The molecule has 0 saturated heterocycles. The molecule has 0 heterocycles. The van der Waals surface area contributed by atoms with Crippen molar-refractivity contribution in [3.05, 3.63) is 0 Å². The third kappa shape index (κ3) is 53.5. The monoisotopic (exact) mass is 827 g/mol. The van der Waals surface area contributed by atoms with Gasteiger partial charge in [-0.05, 0) is 12.3 Å². The first-order chi connectivity index (χ1) is 28.3. The lowest BCUT2D eigenvalue weighted by Gasteiger charge is -2.10. The van der Waals surface area contributed by atoms with Gasteiger partial charge in [-0.3, -0.25) is 0 Å². The van der Waals surface area contributed by atoms with Gasteiger partial charge in [0.2, 0.25) is 0 Å². The molecule has 0 aromatic heterocycles. The number of hydrogen-bond acceptors (Lipinski definition) is 13. The smallest absolute Gasteiger partial charge is 0.0701 e. The lowest BCUT2D eigenvalue weighted by Crippen LogP contribution is -2.15. The Morgan fingerprint density at radius 2 is 0.421 bits per heavy atom. The highest BCUT2D eigenvalue weighted by molar-refractivity contribution is 4.49. The summed E-state index contributed by atoms with van der Waals surface area (Å²) in [5.74, 6) is 0.597. The van der Waals surface area contributed by atoms with Gasteiger partial charge in [0.05, 0.1) is 159 Å². The molecule has 1 unspecified atom stereocenters. The van der Waals surface area contributed by atoms with Crippen LogP contribution >= 0.6 is 0 Å². The van der Waals surface area contributed by atoms with E-state index in [0.717, 1.165) is 26.1 Å². The highest BCUT2D eigenvalue weighted by Gasteiger charge is 2.00. The first-order valence-electron chi connectivity index (χ1n) is 22.8. The minimum atomic E-state index is 0.517. The van der Waals surface area contributed by atoms with Gasteiger partial charge in [0.1, 0.15) is 0 Å². The van der Waals surface area contributed by atoms with E-state index in [1.165, 1.54) is 77.0 Å². The summed E-state index contributed by atoms with van der Waals surface area (Å²) >= 11 is 0. The topological polar surface area (TPSA) is 120 Å². The van der Waals surface area contributed by atoms with Crippen LogP contribution in [0.4, 0.5) is 0 Å². The predicted molar refractivity (Wildman–Crippen MR) is 226 cm³/mol. The van der Waals surface area contributed by atoms with Crippen molar-refractivity contribution in [1.29, 1.82) is 0 Å². The minimum Gasteiger partial charge on any atom is -0.379 e. The molecule has 1 atom stereocenters. The van der Waals surface area contributed by atoms with Gasteiger partial charge >= 0.3 is 0 Å². The van der Waals surface area contributed by atoms with E-state index in [0.29, 0.717) is 164 Å². The zero-order chi connectivity index (χ0) is 41.1. The first kappa shape index (κ1) is 56.5. The quantitative estimate of drug-likeness (QED) is 0.0570. The van der Waals surface area contributed by atoms with Crippen LogP contribution in [0.1, 0.15) is 111 Å². The molecule has 0 rings (SSSR count).